The van der Waals surface area contributed by atoms with Gasteiger partial charge in [0.25, 0.3) is 0 Å². The molecule has 0 fully saturated rings. The van der Waals surface area contributed by atoms with Crippen LogP contribution >= 0.6 is 0 Å². The number of hydrogen-bond donors (Lipinski definition) is 1. The molecule has 0 saturated carbocycles. The van der Waals surface area contributed by atoms with E-state index in [4.69, 9.17) is 14.2 Å². The maximum atomic E-state index is 5.71. The van der Waals surface area contributed by atoms with Crippen molar-refractivity contribution in [2.75, 3.05) is 25.6 Å². The van der Waals surface area contributed by atoms with Crippen LogP contribution in [-0.4, -0.2) is 20.3 Å². The van der Waals surface area contributed by atoms with Gasteiger partial charge in [-0.1, -0.05) is 36.4 Å². The first-order valence-electron chi connectivity index (χ1n) is 8.61. The highest BCUT2D eigenvalue weighted by Gasteiger charge is 2.02. The molecule has 0 saturated heterocycles. The van der Waals surface area contributed by atoms with Crippen LogP contribution in [0.15, 0.2) is 78.9 Å². The summed E-state index contributed by atoms with van der Waals surface area (Å²) in [5, 5.41) is 3.39. The van der Waals surface area contributed by atoms with Crippen LogP contribution in [0.3, 0.4) is 0 Å². The first-order valence-corrected chi connectivity index (χ1v) is 8.61. The van der Waals surface area contributed by atoms with E-state index in [1.165, 1.54) is 0 Å². The van der Waals surface area contributed by atoms with Crippen LogP contribution in [-0.2, 0) is 6.54 Å². The van der Waals surface area contributed by atoms with Gasteiger partial charge >= 0.3 is 0 Å². The quantitative estimate of drug-likeness (QED) is 0.565. The molecule has 3 aromatic carbocycles. The Kier molecular flexibility index (Phi) is 6.37. The van der Waals surface area contributed by atoms with E-state index in [0.29, 0.717) is 19.8 Å². The van der Waals surface area contributed by atoms with E-state index in [0.717, 1.165) is 28.5 Å². The molecule has 3 rings (SSSR count). The molecule has 0 radical (unpaired) electrons. The Balaban J connectivity index is 1.43. The van der Waals surface area contributed by atoms with Gasteiger partial charge in [0, 0.05) is 17.8 Å². The van der Waals surface area contributed by atoms with Crippen LogP contribution in [0.25, 0.3) is 0 Å². The maximum Gasteiger partial charge on any atom is 0.123 e. The minimum absolute atomic E-state index is 0.503. The smallest absolute Gasteiger partial charge is 0.123 e. The Morgan fingerprint density at radius 2 is 1.31 bits per heavy atom. The minimum Gasteiger partial charge on any atom is -0.496 e. The van der Waals surface area contributed by atoms with E-state index >= 15 is 0 Å². The van der Waals surface area contributed by atoms with Crippen LogP contribution in [0, 0.1) is 0 Å². The molecule has 0 unspecified atom stereocenters. The predicted molar refractivity (Wildman–Crippen MR) is 104 cm³/mol. The summed E-state index contributed by atoms with van der Waals surface area (Å²) in [5.41, 5.74) is 2.15. The number of benzene rings is 3. The number of nitrogens with one attached hydrogen (secondary N) is 1. The normalized spacial score (nSPS) is 10.2. The van der Waals surface area contributed by atoms with Crippen LogP contribution in [0.4, 0.5) is 5.69 Å². The van der Waals surface area contributed by atoms with E-state index in [1.54, 1.807) is 7.11 Å². The monoisotopic (exact) mass is 349 g/mol. The first-order chi connectivity index (χ1) is 12.8. The summed E-state index contributed by atoms with van der Waals surface area (Å²) in [5.74, 6) is 2.56. The molecule has 0 aliphatic heterocycles. The highest BCUT2D eigenvalue weighted by atomic mass is 16.5. The molecule has 0 atom stereocenters. The average molecular weight is 349 g/mol. The maximum absolute atomic E-state index is 5.71. The first kappa shape index (κ1) is 17.7. The molecule has 0 amide bonds. The van der Waals surface area contributed by atoms with Gasteiger partial charge in [-0.15, -0.1) is 0 Å². The molecule has 1 N–H and O–H groups in total. The molecule has 0 bridgehead atoms. The van der Waals surface area contributed by atoms with E-state index in [9.17, 15) is 0 Å². The third-order valence-electron chi connectivity index (χ3n) is 3.89. The lowest BCUT2D eigenvalue weighted by Crippen LogP contribution is -2.09. The Labute approximate surface area is 154 Å². The van der Waals surface area contributed by atoms with Crippen molar-refractivity contribution in [2.45, 2.75) is 6.54 Å². The fraction of sp³-hybridized carbons (Fsp3) is 0.182. The molecule has 0 heterocycles. The molecule has 0 aromatic heterocycles. The van der Waals surface area contributed by atoms with Gasteiger partial charge in [-0.3, -0.25) is 0 Å². The zero-order valence-corrected chi connectivity index (χ0v) is 14.9. The summed E-state index contributed by atoms with van der Waals surface area (Å²) in [4.78, 5) is 0. The average Bonchev–Trinajstić information content (AvgIpc) is 2.71. The number of methoxy groups -OCH3 is 1. The molecule has 0 aliphatic rings. The third kappa shape index (κ3) is 5.18. The summed E-state index contributed by atoms with van der Waals surface area (Å²) in [7, 11) is 1.69. The van der Waals surface area contributed by atoms with E-state index < -0.39 is 0 Å². The minimum atomic E-state index is 0.503. The second-order valence-corrected chi connectivity index (χ2v) is 5.70. The largest absolute Gasteiger partial charge is 0.496 e. The molecule has 4 heteroatoms. The Morgan fingerprint density at radius 1 is 0.692 bits per heavy atom. The van der Waals surface area contributed by atoms with Crippen molar-refractivity contribution < 1.29 is 14.2 Å². The number of rotatable bonds is 9. The zero-order chi connectivity index (χ0) is 18.0. The topological polar surface area (TPSA) is 39.7 Å². The van der Waals surface area contributed by atoms with Gasteiger partial charge in [0.2, 0.25) is 0 Å². The van der Waals surface area contributed by atoms with E-state index in [2.05, 4.69) is 11.4 Å². The van der Waals surface area contributed by atoms with Crippen molar-refractivity contribution in [3.05, 3.63) is 84.4 Å². The molecular formula is C22H23NO3. The van der Waals surface area contributed by atoms with Crippen molar-refractivity contribution in [1.29, 1.82) is 0 Å². The molecule has 134 valence electrons. The van der Waals surface area contributed by atoms with Crippen molar-refractivity contribution in [3.63, 3.8) is 0 Å². The fourth-order valence-electron chi connectivity index (χ4n) is 2.55. The lowest BCUT2D eigenvalue weighted by Gasteiger charge is -2.11. The second kappa shape index (κ2) is 9.37. The standard InChI is InChI=1S/C22H23NO3/c1-24-22-10-6-5-7-18(22)17-23-19-11-13-21(14-12-19)26-16-15-25-20-8-3-2-4-9-20/h2-14,23H,15-17H2,1H3. The van der Waals surface area contributed by atoms with Crippen molar-refractivity contribution in [1.82, 2.24) is 0 Å². The number of para-hydroxylation sites is 2. The summed E-state index contributed by atoms with van der Waals surface area (Å²) in [6.45, 7) is 1.72. The molecule has 0 spiro atoms. The van der Waals surface area contributed by atoms with E-state index in [1.807, 2.05) is 72.8 Å². The lowest BCUT2D eigenvalue weighted by atomic mass is 10.2. The highest BCUT2D eigenvalue weighted by Crippen LogP contribution is 2.20. The number of anilines is 1. The van der Waals surface area contributed by atoms with Gasteiger partial charge in [-0.05, 0) is 42.5 Å². The Morgan fingerprint density at radius 3 is 2.00 bits per heavy atom. The fourth-order valence-corrected chi connectivity index (χ4v) is 2.55. The van der Waals surface area contributed by atoms with Gasteiger partial charge in [0.15, 0.2) is 0 Å². The van der Waals surface area contributed by atoms with Gasteiger partial charge in [0.1, 0.15) is 30.5 Å². The zero-order valence-electron chi connectivity index (χ0n) is 14.9. The number of ether oxygens (including phenoxy) is 3. The summed E-state index contributed by atoms with van der Waals surface area (Å²) in [6, 6.07) is 25.6. The second-order valence-electron chi connectivity index (χ2n) is 5.70. The van der Waals surface area contributed by atoms with E-state index in [-0.39, 0.29) is 0 Å². The third-order valence-corrected chi connectivity index (χ3v) is 3.89. The van der Waals surface area contributed by atoms with Crippen molar-refractivity contribution >= 4 is 5.69 Å². The lowest BCUT2D eigenvalue weighted by molar-refractivity contribution is 0.217. The van der Waals surface area contributed by atoms with Crippen LogP contribution in [0.1, 0.15) is 5.56 Å². The Hall–Kier alpha value is -3.14. The molecule has 26 heavy (non-hydrogen) atoms. The molecule has 4 nitrogen and oxygen atoms in total. The highest BCUT2D eigenvalue weighted by molar-refractivity contribution is 5.47. The van der Waals surface area contributed by atoms with Crippen LogP contribution in [0.2, 0.25) is 0 Å². The summed E-state index contributed by atoms with van der Waals surface area (Å²) < 4.78 is 16.7. The molecule has 0 aliphatic carbocycles. The van der Waals surface area contributed by atoms with Gasteiger partial charge in [-0.25, -0.2) is 0 Å². The molecular weight excluding hydrogens is 326 g/mol. The van der Waals surface area contributed by atoms with Gasteiger partial charge in [0.05, 0.1) is 7.11 Å². The molecule has 3 aromatic rings. The Bertz CT molecular complexity index is 788. The van der Waals surface area contributed by atoms with Gasteiger partial charge in [-0.2, -0.15) is 0 Å². The summed E-state index contributed by atoms with van der Waals surface area (Å²) >= 11 is 0. The van der Waals surface area contributed by atoms with Crippen molar-refractivity contribution in [3.8, 4) is 17.2 Å². The van der Waals surface area contributed by atoms with Gasteiger partial charge < -0.3 is 19.5 Å². The number of hydrogen-bond acceptors (Lipinski definition) is 4. The SMILES string of the molecule is COc1ccccc1CNc1ccc(OCCOc2ccccc2)cc1. The summed E-state index contributed by atoms with van der Waals surface area (Å²) in [6.07, 6.45) is 0. The van der Waals surface area contributed by atoms with Crippen LogP contribution < -0.4 is 19.5 Å². The predicted octanol–water partition coefficient (Wildman–Crippen LogP) is 4.77. The van der Waals surface area contributed by atoms with Crippen LogP contribution in [0.5, 0.6) is 17.2 Å². The van der Waals surface area contributed by atoms with Crippen molar-refractivity contribution in [2.24, 2.45) is 0 Å².